The van der Waals surface area contributed by atoms with Crippen molar-refractivity contribution in [2.75, 3.05) is 6.54 Å². The van der Waals surface area contributed by atoms with Gasteiger partial charge in [-0.05, 0) is 50.2 Å². The van der Waals surface area contributed by atoms with Crippen molar-refractivity contribution in [2.24, 2.45) is 4.99 Å². The summed E-state index contributed by atoms with van der Waals surface area (Å²) >= 11 is 0. The van der Waals surface area contributed by atoms with Crippen molar-refractivity contribution < 1.29 is 19.1 Å². The third-order valence-electron chi connectivity index (χ3n) is 4.06. The number of carbonyl (C=O) groups excluding carboxylic acids is 1. The Morgan fingerprint density at radius 3 is 2.50 bits per heavy atom. The molecule has 6 heteroatoms. The zero-order valence-corrected chi connectivity index (χ0v) is 14.5. The first-order chi connectivity index (χ1) is 12.5. The van der Waals surface area contributed by atoms with E-state index in [0.29, 0.717) is 17.0 Å². The van der Waals surface area contributed by atoms with Gasteiger partial charge < -0.3 is 14.1 Å². The first kappa shape index (κ1) is 17.4. The standard InChI is InChI=1S/C20H18N2O4/c1-13-5-6-14(2)22(13)18-10-15(7-8-17(18)20(24)25)19(23)12-21-11-16-4-3-9-26-16/h3-11H,12H2,1-2H3,(H,24,25). The average molecular weight is 350 g/mol. The van der Waals surface area contributed by atoms with Crippen molar-refractivity contribution in [3.05, 3.63) is 77.0 Å². The fourth-order valence-electron chi connectivity index (χ4n) is 2.79. The van der Waals surface area contributed by atoms with E-state index in [1.54, 1.807) is 18.2 Å². The second-order valence-electron chi connectivity index (χ2n) is 5.90. The van der Waals surface area contributed by atoms with Gasteiger partial charge in [0.1, 0.15) is 12.3 Å². The van der Waals surface area contributed by atoms with Crippen LogP contribution in [0, 0.1) is 13.8 Å². The number of rotatable bonds is 6. The van der Waals surface area contributed by atoms with Crippen LogP contribution in [0.1, 0.15) is 37.9 Å². The van der Waals surface area contributed by atoms with Gasteiger partial charge in [0, 0.05) is 17.0 Å². The highest BCUT2D eigenvalue weighted by Crippen LogP contribution is 2.22. The smallest absolute Gasteiger partial charge is 0.337 e. The predicted molar refractivity (Wildman–Crippen MR) is 97.7 cm³/mol. The molecule has 0 amide bonds. The van der Waals surface area contributed by atoms with Crippen LogP contribution in [0.3, 0.4) is 0 Å². The molecule has 0 saturated carbocycles. The predicted octanol–water partition coefficient (Wildman–Crippen LogP) is 3.69. The minimum atomic E-state index is -1.04. The summed E-state index contributed by atoms with van der Waals surface area (Å²) in [4.78, 5) is 28.1. The Labute approximate surface area is 150 Å². The highest BCUT2D eigenvalue weighted by Gasteiger charge is 2.17. The summed E-state index contributed by atoms with van der Waals surface area (Å²) in [5.41, 5.74) is 2.81. The van der Waals surface area contributed by atoms with Crippen LogP contribution in [-0.2, 0) is 0 Å². The number of aromatic nitrogens is 1. The third kappa shape index (κ3) is 3.49. The molecule has 0 bridgehead atoms. The summed E-state index contributed by atoms with van der Waals surface area (Å²) in [6.07, 6.45) is 3.02. The average Bonchev–Trinajstić information content (AvgIpc) is 3.24. The topological polar surface area (TPSA) is 84.8 Å². The summed E-state index contributed by atoms with van der Waals surface area (Å²) in [6.45, 7) is 3.73. The number of aromatic carboxylic acids is 1. The van der Waals surface area contributed by atoms with Gasteiger partial charge in [0.05, 0.1) is 23.7 Å². The number of furan rings is 1. The Hall–Kier alpha value is -3.41. The van der Waals surface area contributed by atoms with Gasteiger partial charge in [0.15, 0.2) is 5.78 Å². The van der Waals surface area contributed by atoms with Gasteiger partial charge in [-0.1, -0.05) is 6.07 Å². The normalized spacial score (nSPS) is 11.2. The van der Waals surface area contributed by atoms with Gasteiger partial charge in [0.25, 0.3) is 0 Å². The van der Waals surface area contributed by atoms with E-state index in [2.05, 4.69) is 4.99 Å². The maximum Gasteiger partial charge on any atom is 0.337 e. The first-order valence-electron chi connectivity index (χ1n) is 8.06. The number of carboxylic acids is 1. The number of aryl methyl sites for hydroxylation is 2. The van der Waals surface area contributed by atoms with Crippen LogP contribution in [0.4, 0.5) is 0 Å². The Kier molecular flexibility index (Phi) is 4.84. The highest BCUT2D eigenvalue weighted by atomic mass is 16.4. The van der Waals surface area contributed by atoms with Crippen molar-refractivity contribution in [2.45, 2.75) is 13.8 Å². The minimum Gasteiger partial charge on any atom is -0.478 e. The number of ketones is 1. The Morgan fingerprint density at radius 1 is 1.15 bits per heavy atom. The summed E-state index contributed by atoms with van der Waals surface area (Å²) in [5, 5.41) is 9.49. The van der Waals surface area contributed by atoms with Gasteiger partial charge >= 0.3 is 5.97 Å². The van der Waals surface area contributed by atoms with Crippen LogP contribution in [0.15, 0.2) is 58.1 Å². The number of hydrogen-bond acceptors (Lipinski definition) is 4. The number of aliphatic imine (C=N–C) groups is 1. The molecule has 0 fully saturated rings. The van der Waals surface area contributed by atoms with Crippen molar-refractivity contribution in [1.29, 1.82) is 0 Å². The zero-order valence-electron chi connectivity index (χ0n) is 14.5. The van der Waals surface area contributed by atoms with Gasteiger partial charge in [0.2, 0.25) is 0 Å². The number of hydrogen-bond donors (Lipinski definition) is 1. The molecule has 0 unspecified atom stereocenters. The zero-order chi connectivity index (χ0) is 18.7. The first-order valence-corrected chi connectivity index (χ1v) is 8.06. The minimum absolute atomic E-state index is 0.0454. The fourth-order valence-corrected chi connectivity index (χ4v) is 2.79. The molecule has 0 aliphatic heterocycles. The van der Waals surface area contributed by atoms with E-state index in [9.17, 15) is 14.7 Å². The molecule has 0 atom stereocenters. The van der Waals surface area contributed by atoms with Crippen LogP contribution in [0.2, 0.25) is 0 Å². The van der Waals surface area contributed by atoms with E-state index in [0.717, 1.165) is 11.4 Å². The molecule has 6 nitrogen and oxygen atoms in total. The van der Waals surface area contributed by atoms with Crippen LogP contribution in [-0.4, -0.2) is 34.2 Å². The van der Waals surface area contributed by atoms with Crippen molar-refractivity contribution in [3.8, 4) is 5.69 Å². The van der Waals surface area contributed by atoms with Gasteiger partial charge in [-0.25, -0.2) is 4.79 Å². The molecular formula is C20H18N2O4. The lowest BCUT2D eigenvalue weighted by Crippen LogP contribution is -2.11. The number of nitrogens with zero attached hydrogens (tertiary/aromatic N) is 2. The molecule has 0 aliphatic rings. The summed E-state index contributed by atoms with van der Waals surface area (Å²) < 4.78 is 6.95. The van der Waals surface area contributed by atoms with Crippen LogP contribution >= 0.6 is 0 Å². The second kappa shape index (κ2) is 7.23. The molecule has 26 heavy (non-hydrogen) atoms. The lowest BCUT2D eigenvalue weighted by molar-refractivity contribution is 0.0696. The lowest BCUT2D eigenvalue weighted by Gasteiger charge is -2.14. The summed E-state index contributed by atoms with van der Waals surface area (Å²) in [6, 6.07) is 11.9. The van der Waals surface area contributed by atoms with Gasteiger partial charge in [-0.2, -0.15) is 0 Å². The molecule has 0 saturated heterocycles. The quantitative estimate of drug-likeness (QED) is 0.543. The molecule has 3 aromatic rings. The molecule has 132 valence electrons. The lowest BCUT2D eigenvalue weighted by atomic mass is 10.1. The molecule has 0 radical (unpaired) electrons. The SMILES string of the molecule is Cc1ccc(C)n1-c1cc(C(=O)CN=Cc2ccco2)ccc1C(=O)O. The molecule has 3 rings (SSSR count). The van der Waals surface area contributed by atoms with Crippen molar-refractivity contribution >= 4 is 18.0 Å². The third-order valence-corrected chi connectivity index (χ3v) is 4.06. The number of carboxylic acid groups (broad SMARTS) is 1. The van der Waals surface area contributed by atoms with Gasteiger partial charge in [-0.15, -0.1) is 0 Å². The Morgan fingerprint density at radius 2 is 1.88 bits per heavy atom. The molecular weight excluding hydrogens is 332 g/mol. The van der Waals surface area contributed by atoms with E-state index in [-0.39, 0.29) is 17.9 Å². The van der Waals surface area contributed by atoms with E-state index in [4.69, 9.17) is 4.42 Å². The number of Topliss-reactive ketones (excluding diaryl/α,β-unsaturated/α-hetero) is 1. The Bertz CT molecular complexity index is 962. The van der Waals surface area contributed by atoms with Crippen LogP contribution in [0.25, 0.3) is 5.69 Å². The van der Waals surface area contributed by atoms with Crippen molar-refractivity contribution in [3.63, 3.8) is 0 Å². The maximum absolute atomic E-state index is 12.4. The molecule has 2 heterocycles. The molecule has 0 aliphatic carbocycles. The van der Waals surface area contributed by atoms with E-state index in [1.165, 1.54) is 24.6 Å². The van der Waals surface area contributed by atoms with Crippen LogP contribution < -0.4 is 0 Å². The molecule has 1 N–H and O–H groups in total. The molecule has 0 spiro atoms. The number of carbonyl (C=O) groups is 2. The summed E-state index contributed by atoms with van der Waals surface area (Å²) in [7, 11) is 0. The largest absolute Gasteiger partial charge is 0.478 e. The fraction of sp³-hybridized carbons (Fsp3) is 0.150. The molecule has 1 aromatic carbocycles. The highest BCUT2D eigenvalue weighted by molar-refractivity contribution is 6.01. The van der Waals surface area contributed by atoms with E-state index in [1.807, 2.05) is 30.5 Å². The second-order valence-corrected chi connectivity index (χ2v) is 5.90. The van der Waals surface area contributed by atoms with Crippen LogP contribution in [0.5, 0.6) is 0 Å². The molecule has 2 aromatic heterocycles. The van der Waals surface area contributed by atoms with Crippen molar-refractivity contribution in [1.82, 2.24) is 4.57 Å². The number of benzene rings is 1. The summed E-state index contributed by atoms with van der Waals surface area (Å²) in [5.74, 6) is -0.672. The van der Waals surface area contributed by atoms with E-state index < -0.39 is 5.97 Å². The Balaban J connectivity index is 1.93. The van der Waals surface area contributed by atoms with E-state index >= 15 is 0 Å². The van der Waals surface area contributed by atoms with Gasteiger partial charge in [-0.3, -0.25) is 9.79 Å². The monoisotopic (exact) mass is 350 g/mol. The maximum atomic E-state index is 12.4.